The topological polar surface area (TPSA) is 111 Å². The Hall–Kier alpha value is -2.91. The van der Waals surface area contributed by atoms with E-state index in [-0.39, 0.29) is 16.9 Å². The van der Waals surface area contributed by atoms with Crippen LogP contribution in [0.1, 0.15) is 60.3 Å². The van der Waals surface area contributed by atoms with E-state index in [0.29, 0.717) is 5.75 Å². The molecule has 1 aliphatic carbocycles. The monoisotopic (exact) mass is 516 g/mol. The van der Waals surface area contributed by atoms with E-state index in [4.69, 9.17) is 9.47 Å². The third-order valence-corrected chi connectivity index (χ3v) is 7.31. The van der Waals surface area contributed by atoms with Crippen molar-refractivity contribution in [1.82, 2.24) is 10.0 Å². The van der Waals surface area contributed by atoms with Gasteiger partial charge in [0.15, 0.2) is 0 Å². The summed E-state index contributed by atoms with van der Waals surface area (Å²) in [6.45, 7) is 8.72. The summed E-state index contributed by atoms with van der Waals surface area (Å²) in [5.74, 6) is -0.480. The summed E-state index contributed by atoms with van der Waals surface area (Å²) in [4.78, 5) is 24.6. The van der Waals surface area contributed by atoms with E-state index < -0.39 is 33.7 Å². The van der Waals surface area contributed by atoms with E-state index in [1.54, 1.807) is 71.0 Å². The molecule has 2 aromatic rings. The number of sulfonamides is 1. The van der Waals surface area contributed by atoms with E-state index >= 15 is 0 Å². The van der Waals surface area contributed by atoms with Crippen LogP contribution in [0.4, 0.5) is 4.79 Å². The molecule has 196 valence electrons. The Morgan fingerprint density at radius 2 is 1.44 bits per heavy atom. The standard InChI is InChI=1S/C27H36N2O6S/c1-18(2)24(25(30)35-27(3,4)5)29-36(32,33)23-16-12-20(13-17-23)19-10-14-22(15-11-19)34-26(31)28-21-8-6-7-9-21/h10-18,21,24,29H,6-9H2,1-5H3,(H,28,31)/t24-/m1/s1. The molecule has 36 heavy (non-hydrogen) atoms. The highest BCUT2D eigenvalue weighted by Crippen LogP contribution is 2.25. The molecule has 0 aromatic heterocycles. The van der Waals surface area contributed by atoms with Gasteiger partial charge in [-0.2, -0.15) is 4.72 Å². The number of amides is 1. The largest absolute Gasteiger partial charge is 0.459 e. The van der Waals surface area contributed by atoms with Gasteiger partial charge in [-0.25, -0.2) is 13.2 Å². The minimum atomic E-state index is -3.95. The lowest BCUT2D eigenvalue weighted by Gasteiger charge is -2.26. The summed E-state index contributed by atoms with van der Waals surface area (Å²) >= 11 is 0. The first kappa shape index (κ1) is 27.7. The number of ether oxygens (including phenoxy) is 2. The van der Waals surface area contributed by atoms with Gasteiger partial charge in [0, 0.05) is 6.04 Å². The van der Waals surface area contributed by atoms with Crippen LogP contribution in [0.15, 0.2) is 53.4 Å². The molecule has 2 N–H and O–H groups in total. The number of hydrogen-bond donors (Lipinski definition) is 2. The molecule has 0 saturated heterocycles. The summed E-state index contributed by atoms with van der Waals surface area (Å²) in [6.07, 6.45) is 3.75. The van der Waals surface area contributed by atoms with E-state index in [1.807, 2.05) is 0 Å². The molecular formula is C27H36N2O6S. The van der Waals surface area contributed by atoms with Crippen molar-refractivity contribution in [2.24, 2.45) is 5.92 Å². The number of benzene rings is 2. The first-order valence-corrected chi connectivity index (χ1v) is 13.8. The van der Waals surface area contributed by atoms with Gasteiger partial charge >= 0.3 is 12.1 Å². The quantitative estimate of drug-likeness (QED) is 0.476. The molecule has 0 radical (unpaired) electrons. The van der Waals surface area contributed by atoms with Crippen LogP contribution in [-0.4, -0.2) is 38.2 Å². The Morgan fingerprint density at radius 1 is 0.917 bits per heavy atom. The number of esters is 1. The Bertz CT molecular complexity index is 1150. The number of carbonyl (C=O) groups excluding carboxylic acids is 2. The average molecular weight is 517 g/mol. The van der Waals surface area contributed by atoms with E-state index in [9.17, 15) is 18.0 Å². The van der Waals surface area contributed by atoms with Gasteiger partial charge in [-0.1, -0.05) is 51.0 Å². The van der Waals surface area contributed by atoms with Crippen LogP contribution in [0, 0.1) is 5.92 Å². The molecule has 0 bridgehead atoms. The molecule has 1 saturated carbocycles. The van der Waals surface area contributed by atoms with Gasteiger partial charge in [0.05, 0.1) is 4.90 Å². The van der Waals surface area contributed by atoms with Crippen LogP contribution < -0.4 is 14.8 Å². The lowest BCUT2D eigenvalue weighted by atomic mass is 10.1. The van der Waals surface area contributed by atoms with Crippen LogP contribution in [0.25, 0.3) is 11.1 Å². The van der Waals surface area contributed by atoms with Gasteiger partial charge in [-0.05, 0) is 74.9 Å². The Labute approximate surface area is 213 Å². The maximum absolute atomic E-state index is 13.0. The van der Waals surface area contributed by atoms with Crippen molar-refractivity contribution in [3.05, 3.63) is 48.5 Å². The molecule has 1 aliphatic rings. The smallest absolute Gasteiger partial charge is 0.412 e. The second-order valence-corrected chi connectivity index (χ2v) is 12.2. The number of carbonyl (C=O) groups is 2. The Morgan fingerprint density at radius 3 is 1.94 bits per heavy atom. The number of rotatable bonds is 8. The fourth-order valence-electron chi connectivity index (χ4n) is 3.97. The van der Waals surface area contributed by atoms with Crippen molar-refractivity contribution in [2.45, 2.75) is 82.9 Å². The molecule has 0 unspecified atom stereocenters. The second-order valence-electron chi connectivity index (χ2n) is 10.4. The zero-order valence-electron chi connectivity index (χ0n) is 21.5. The highest BCUT2D eigenvalue weighted by molar-refractivity contribution is 7.89. The summed E-state index contributed by atoms with van der Waals surface area (Å²) in [5, 5.41) is 2.88. The SMILES string of the molecule is CC(C)[C@@H](NS(=O)(=O)c1ccc(-c2ccc(OC(=O)NC3CCCC3)cc2)cc1)C(=O)OC(C)(C)C. The van der Waals surface area contributed by atoms with E-state index in [0.717, 1.165) is 36.8 Å². The molecule has 0 aliphatic heterocycles. The van der Waals surface area contributed by atoms with Crippen molar-refractivity contribution >= 4 is 22.1 Å². The number of nitrogens with one attached hydrogen (secondary N) is 2. The second kappa shape index (κ2) is 11.4. The lowest BCUT2D eigenvalue weighted by Crippen LogP contribution is -2.47. The third-order valence-electron chi connectivity index (χ3n) is 5.85. The highest BCUT2D eigenvalue weighted by Gasteiger charge is 2.32. The third kappa shape index (κ3) is 7.80. The fourth-order valence-corrected chi connectivity index (χ4v) is 5.31. The van der Waals surface area contributed by atoms with Crippen molar-refractivity contribution in [3.63, 3.8) is 0 Å². The summed E-state index contributed by atoms with van der Waals surface area (Å²) in [6, 6.07) is 12.5. The summed E-state index contributed by atoms with van der Waals surface area (Å²) in [7, 11) is -3.95. The van der Waals surface area contributed by atoms with Crippen LogP contribution in [-0.2, 0) is 19.6 Å². The first-order chi connectivity index (χ1) is 16.8. The Kier molecular flexibility index (Phi) is 8.79. The molecule has 9 heteroatoms. The molecule has 1 amide bonds. The van der Waals surface area contributed by atoms with Gasteiger partial charge in [-0.15, -0.1) is 0 Å². The molecule has 1 fully saturated rings. The van der Waals surface area contributed by atoms with Crippen LogP contribution in [0.3, 0.4) is 0 Å². The molecule has 3 rings (SSSR count). The van der Waals surface area contributed by atoms with Gasteiger partial charge < -0.3 is 14.8 Å². The predicted molar refractivity (Wildman–Crippen MR) is 138 cm³/mol. The lowest BCUT2D eigenvalue weighted by molar-refractivity contribution is -0.158. The Balaban J connectivity index is 1.65. The molecule has 0 spiro atoms. The van der Waals surface area contributed by atoms with E-state index in [2.05, 4.69) is 10.0 Å². The van der Waals surface area contributed by atoms with Crippen molar-refractivity contribution in [1.29, 1.82) is 0 Å². The van der Waals surface area contributed by atoms with Crippen LogP contribution >= 0.6 is 0 Å². The average Bonchev–Trinajstić information content (AvgIpc) is 3.29. The van der Waals surface area contributed by atoms with Gasteiger partial charge in [0.2, 0.25) is 10.0 Å². The summed E-state index contributed by atoms with van der Waals surface area (Å²) in [5.41, 5.74) is 0.908. The van der Waals surface area contributed by atoms with Crippen LogP contribution in [0.2, 0.25) is 0 Å². The predicted octanol–water partition coefficient (Wildman–Crippen LogP) is 5.03. The fraction of sp³-hybridized carbons (Fsp3) is 0.481. The molecule has 8 nitrogen and oxygen atoms in total. The minimum absolute atomic E-state index is 0.0454. The van der Waals surface area contributed by atoms with Crippen molar-refractivity contribution in [2.75, 3.05) is 0 Å². The van der Waals surface area contributed by atoms with Crippen molar-refractivity contribution in [3.8, 4) is 16.9 Å². The molecule has 0 heterocycles. The van der Waals surface area contributed by atoms with Crippen LogP contribution in [0.5, 0.6) is 5.75 Å². The normalized spacial score (nSPS) is 15.5. The van der Waals surface area contributed by atoms with Crippen molar-refractivity contribution < 1.29 is 27.5 Å². The summed E-state index contributed by atoms with van der Waals surface area (Å²) < 4.78 is 39.2. The highest BCUT2D eigenvalue weighted by atomic mass is 32.2. The molecular weight excluding hydrogens is 480 g/mol. The maximum atomic E-state index is 13.0. The maximum Gasteiger partial charge on any atom is 0.412 e. The van der Waals surface area contributed by atoms with E-state index in [1.165, 1.54) is 12.1 Å². The zero-order chi connectivity index (χ0) is 26.5. The zero-order valence-corrected chi connectivity index (χ0v) is 22.4. The first-order valence-electron chi connectivity index (χ1n) is 12.3. The van der Waals surface area contributed by atoms with Gasteiger partial charge in [0.1, 0.15) is 17.4 Å². The number of hydrogen-bond acceptors (Lipinski definition) is 6. The minimum Gasteiger partial charge on any atom is -0.459 e. The van der Waals surface area contributed by atoms with Gasteiger partial charge in [0.25, 0.3) is 0 Å². The molecule has 1 atom stereocenters. The molecule has 2 aromatic carbocycles. The van der Waals surface area contributed by atoms with Gasteiger partial charge in [-0.3, -0.25) is 4.79 Å².